The lowest BCUT2D eigenvalue weighted by Gasteiger charge is -2.34. The molecule has 0 bridgehead atoms. The monoisotopic (exact) mass is 446 g/mol. The highest BCUT2D eigenvalue weighted by Crippen LogP contribution is 2.22. The second-order valence-corrected chi connectivity index (χ2v) is 8.64. The number of aryl methyl sites for hydroxylation is 1. The summed E-state index contributed by atoms with van der Waals surface area (Å²) in [5, 5.41) is 3.76. The first-order valence-electron chi connectivity index (χ1n) is 11.2. The molecule has 2 amide bonds. The number of nitrogens with one attached hydrogen (secondary N) is 1. The Balaban J connectivity index is 1.51. The van der Waals surface area contributed by atoms with E-state index in [2.05, 4.69) is 10.3 Å². The predicted molar refractivity (Wildman–Crippen MR) is 125 cm³/mol. The molecule has 33 heavy (non-hydrogen) atoms. The minimum atomic E-state index is -0.205. The minimum Gasteiger partial charge on any atom is -0.349 e. The maximum atomic E-state index is 12.9. The van der Waals surface area contributed by atoms with Crippen molar-refractivity contribution in [3.8, 4) is 5.69 Å². The van der Waals surface area contributed by atoms with Gasteiger partial charge in [-0.25, -0.2) is 4.98 Å². The van der Waals surface area contributed by atoms with Gasteiger partial charge in [-0.1, -0.05) is 0 Å². The number of aromatic nitrogens is 3. The van der Waals surface area contributed by atoms with Crippen molar-refractivity contribution in [1.29, 1.82) is 0 Å². The van der Waals surface area contributed by atoms with E-state index >= 15 is 0 Å². The van der Waals surface area contributed by atoms with Crippen molar-refractivity contribution in [3.05, 3.63) is 58.0 Å². The highest BCUT2D eigenvalue weighted by molar-refractivity contribution is 5.94. The fraction of sp³-hybridized carbons (Fsp3) is 0.375. The average molecular weight is 447 g/mol. The molecule has 5 rings (SSSR count). The molecule has 0 atom stereocenters. The van der Waals surface area contributed by atoms with Crippen LogP contribution in [0.25, 0.3) is 16.7 Å². The molecule has 170 valence electrons. The summed E-state index contributed by atoms with van der Waals surface area (Å²) in [5.74, 6) is 0.510. The van der Waals surface area contributed by atoms with Gasteiger partial charge in [-0.3, -0.25) is 19.0 Å². The van der Waals surface area contributed by atoms with Gasteiger partial charge in [0.1, 0.15) is 0 Å². The van der Waals surface area contributed by atoms with Gasteiger partial charge < -0.3 is 15.1 Å². The van der Waals surface area contributed by atoms with E-state index in [1.807, 2.05) is 11.8 Å². The number of carbonyl (C=O) groups excluding carboxylic acids is 2. The molecule has 1 aliphatic carbocycles. The first kappa shape index (κ1) is 21.1. The van der Waals surface area contributed by atoms with Gasteiger partial charge in [-0.15, -0.1) is 0 Å². The number of amides is 2. The zero-order valence-corrected chi connectivity index (χ0v) is 18.7. The number of anilines is 1. The van der Waals surface area contributed by atoms with Crippen molar-refractivity contribution in [3.63, 3.8) is 0 Å². The molecule has 9 heteroatoms. The second kappa shape index (κ2) is 8.31. The van der Waals surface area contributed by atoms with Gasteiger partial charge in [0.2, 0.25) is 11.9 Å². The van der Waals surface area contributed by atoms with E-state index in [0.717, 1.165) is 23.9 Å². The molecule has 2 fully saturated rings. The number of hydrogen-bond donors (Lipinski definition) is 1. The molecule has 2 aliphatic rings. The number of hydrogen-bond acceptors (Lipinski definition) is 6. The van der Waals surface area contributed by atoms with Crippen molar-refractivity contribution in [1.82, 2.24) is 24.8 Å². The fourth-order valence-corrected chi connectivity index (χ4v) is 4.12. The molecule has 3 heterocycles. The Labute approximate surface area is 191 Å². The van der Waals surface area contributed by atoms with Crippen molar-refractivity contribution in [2.75, 3.05) is 31.1 Å². The minimum absolute atomic E-state index is 0.0633. The molecule has 1 aliphatic heterocycles. The van der Waals surface area contributed by atoms with E-state index in [1.54, 1.807) is 46.7 Å². The number of nitrogens with zero attached hydrogens (tertiary/aromatic N) is 5. The first-order valence-corrected chi connectivity index (χ1v) is 11.2. The van der Waals surface area contributed by atoms with E-state index in [9.17, 15) is 14.4 Å². The lowest BCUT2D eigenvalue weighted by molar-refractivity contribution is -0.129. The molecule has 1 aromatic carbocycles. The Morgan fingerprint density at radius 2 is 1.67 bits per heavy atom. The van der Waals surface area contributed by atoms with Crippen LogP contribution in [-0.2, 0) is 4.79 Å². The van der Waals surface area contributed by atoms with Crippen LogP contribution in [0.1, 0.15) is 35.8 Å². The van der Waals surface area contributed by atoms with Crippen LogP contribution < -0.4 is 15.8 Å². The third-order valence-electron chi connectivity index (χ3n) is 6.24. The third kappa shape index (κ3) is 4.18. The summed E-state index contributed by atoms with van der Waals surface area (Å²) in [5.41, 5.74) is 2.29. The van der Waals surface area contributed by atoms with E-state index in [0.29, 0.717) is 49.0 Å². The largest absolute Gasteiger partial charge is 0.349 e. The molecule has 9 nitrogen and oxygen atoms in total. The number of fused-ring (bicyclic) bond motifs is 1. The second-order valence-electron chi connectivity index (χ2n) is 8.64. The molecule has 0 radical (unpaired) electrons. The molecule has 1 N–H and O–H groups in total. The smallest absolute Gasteiger partial charge is 0.256 e. The molecule has 1 saturated heterocycles. The quantitative estimate of drug-likeness (QED) is 0.654. The van der Waals surface area contributed by atoms with E-state index in [1.165, 1.54) is 6.07 Å². The Bertz CT molecular complexity index is 1290. The summed E-state index contributed by atoms with van der Waals surface area (Å²) in [6.07, 6.45) is 2.06. The summed E-state index contributed by atoms with van der Waals surface area (Å²) >= 11 is 0. The summed E-state index contributed by atoms with van der Waals surface area (Å²) in [6.45, 7) is 5.97. The standard InChI is InChI=1S/C24H26N6O3/c1-15-20-9-10-21(32)30(19-7-3-17(4-8-19)23(33)26-18-5-6-18)22(20)27-24(25-15)29-13-11-28(12-14-29)16(2)31/h3-4,7-10,18H,5-6,11-14H2,1-2H3,(H,26,33). The normalized spacial score (nSPS) is 16.2. The number of carbonyl (C=O) groups is 2. The molecular formula is C24H26N6O3. The molecule has 3 aromatic rings. The zero-order valence-electron chi connectivity index (χ0n) is 18.7. The van der Waals surface area contributed by atoms with Crippen LogP contribution in [0.5, 0.6) is 0 Å². The van der Waals surface area contributed by atoms with Crippen LogP contribution in [0.4, 0.5) is 5.95 Å². The summed E-state index contributed by atoms with van der Waals surface area (Å²) in [6, 6.07) is 10.5. The van der Waals surface area contributed by atoms with Crippen LogP contribution in [0.3, 0.4) is 0 Å². The summed E-state index contributed by atoms with van der Waals surface area (Å²) in [7, 11) is 0. The van der Waals surface area contributed by atoms with Crippen molar-refractivity contribution >= 4 is 28.8 Å². The third-order valence-corrected chi connectivity index (χ3v) is 6.24. The topological polar surface area (TPSA) is 100 Å². The maximum absolute atomic E-state index is 12.9. The Kier molecular flexibility index (Phi) is 5.32. The van der Waals surface area contributed by atoms with Crippen LogP contribution >= 0.6 is 0 Å². The molecule has 2 aromatic heterocycles. The van der Waals surface area contributed by atoms with Gasteiger partial charge >= 0.3 is 0 Å². The van der Waals surface area contributed by atoms with Crippen LogP contribution in [0, 0.1) is 6.92 Å². The summed E-state index contributed by atoms with van der Waals surface area (Å²) < 4.78 is 1.56. The lowest BCUT2D eigenvalue weighted by atomic mass is 10.1. The van der Waals surface area contributed by atoms with Gasteiger partial charge in [0.15, 0.2) is 5.65 Å². The fourth-order valence-electron chi connectivity index (χ4n) is 4.12. The predicted octanol–water partition coefficient (Wildman–Crippen LogP) is 1.65. The van der Waals surface area contributed by atoms with Crippen molar-refractivity contribution in [2.45, 2.75) is 32.7 Å². The number of benzene rings is 1. The Morgan fingerprint density at radius 3 is 2.30 bits per heavy atom. The van der Waals surface area contributed by atoms with Gasteiger partial charge in [-0.2, -0.15) is 4.98 Å². The maximum Gasteiger partial charge on any atom is 0.256 e. The highest BCUT2D eigenvalue weighted by Gasteiger charge is 2.24. The first-order chi connectivity index (χ1) is 15.9. The van der Waals surface area contributed by atoms with E-state index < -0.39 is 0 Å². The number of pyridine rings is 1. The van der Waals surface area contributed by atoms with E-state index in [-0.39, 0.29) is 23.4 Å². The number of rotatable bonds is 4. The highest BCUT2D eigenvalue weighted by atomic mass is 16.2. The Hall–Kier alpha value is -3.75. The van der Waals surface area contributed by atoms with Crippen LogP contribution in [0.2, 0.25) is 0 Å². The zero-order chi connectivity index (χ0) is 23.1. The van der Waals surface area contributed by atoms with Crippen LogP contribution in [0.15, 0.2) is 41.2 Å². The average Bonchev–Trinajstić information content (AvgIpc) is 3.63. The summed E-state index contributed by atoms with van der Waals surface area (Å²) in [4.78, 5) is 50.1. The van der Waals surface area contributed by atoms with Crippen molar-refractivity contribution in [2.24, 2.45) is 0 Å². The molecule has 0 unspecified atom stereocenters. The SMILES string of the molecule is CC(=O)N1CCN(c2nc(C)c3ccc(=O)n(-c4ccc(C(=O)NC5CC5)cc4)c3n2)CC1. The van der Waals surface area contributed by atoms with Gasteiger partial charge in [0.05, 0.1) is 11.4 Å². The lowest BCUT2D eigenvalue weighted by Crippen LogP contribution is -2.48. The molecule has 1 saturated carbocycles. The van der Waals surface area contributed by atoms with Crippen molar-refractivity contribution < 1.29 is 9.59 Å². The van der Waals surface area contributed by atoms with Gasteiger partial charge in [-0.05, 0) is 50.1 Å². The van der Waals surface area contributed by atoms with Crippen LogP contribution in [-0.4, -0.2) is 63.5 Å². The molecular weight excluding hydrogens is 420 g/mol. The van der Waals surface area contributed by atoms with E-state index in [4.69, 9.17) is 4.98 Å². The molecule has 0 spiro atoms. The van der Waals surface area contributed by atoms with Gasteiger partial charge in [0, 0.05) is 56.2 Å². The Morgan fingerprint density at radius 1 is 0.970 bits per heavy atom. The van der Waals surface area contributed by atoms with Gasteiger partial charge in [0.25, 0.3) is 11.5 Å². The number of piperazine rings is 1.